The van der Waals surface area contributed by atoms with Gasteiger partial charge < -0.3 is 22.9 Å². The predicted molar refractivity (Wildman–Crippen MR) is 79.5 cm³/mol. The highest BCUT2D eigenvalue weighted by Gasteiger charge is 2.42. The first-order chi connectivity index (χ1) is 10.9. The first-order valence-corrected chi connectivity index (χ1v) is 6.37. The molecule has 0 heterocycles. The minimum absolute atomic E-state index is 0.507. The summed E-state index contributed by atoms with van der Waals surface area (Å²) >= 11 is 0. The van der Waals surface area contributed by atoms with Gasteiger partial charge in [-0.05, 0) is 11.6 Å². The van der Waals surface area contributed by atoms with Crippen LogP contribution in [0.1, 0.15) is 11.1 Å². The van der Waals surface area contributed by atoms with Crippen LogP contribution < -0.4 is 22.9 Å². The normalized spacial score (nSPS) is 12.4. The number of halogens is 6. The van der Waals surface area contributed by atoms with Crippen molar-refractivity contribution in [2.75, 3.05) is 22.9 Å². The number of hydrogen-bond donors (Lipinski definition) is 4. The molecule has 10 heteroatoms. The molecule has 2 aromatic rings. The maximum Gasteiger partial charge on any atom is 0.419 e. The van der Waals surface area contributed by atoms with Gasteiger partial charge in [-0.3, -0.25) is 0 Å². The zero-order valence-corrected chi connectivity index (χ0v) is 11.9. The molecule has 4 nitrogen and oxygen atoms in total. The van der Waals surface area contributed by atoms with Gasteiger partial charge in [0.15, 0.2) is 0 Å². The Labute approximate surface area is 132 Å². The Kier molecular flexibility index (Phi) is 3.95. The Morgan fingerprint density at radius 3 is 1.62 bits per heavy atom. The molecule has 24 heavy (non-hydrogen) atoms. The van der Waals surface area contributed by atoms with Crippen molar-refractivity contribution in [3.8, 4) is 11.1 Å². The second-order valence-corrected chi connectivity index (χ2v) is 4.95. The van der Waals surface area contributed by atoms with Crippen LogP contribution in [0.25, 0.3) is 11.1 Å². The molecule has 130 valence electrons. The van der Waals surface area contributed by atoms with Crippen LogP contribution in [0.5, 0.6) is 0 Å². The number of rotatable bonds is 1. The first kappa shape index (κ1) is 17.6. The van der Waals surface area contributed by atoms with Crippen LogP contribution in [0, 0.1) is 0 Å². The van der Waals surface area contributed by atoms with E-state index in [2.05, 4.69) is 0 Å². The summed E-state index contributed by atoms with van der Waals surface area (Å²) in [4.78, 5) is 0. The molecule has 0 spiro atoms. The summed E-state index contributed by atoms with van der Waals surface area (Å²) in [5, 5.41) is 0. The fourth-order valence-corrected chi connectivity index (χ4v) is 2.35. The minimum Gasteiger partial charge on any atom is -0.396 e. The Morgan fingerprint density at radius 2 is 1.12 bits per heavy atom. The summed E-state index contributed by atoms with van der Waals surface area (Å²) in [6, 6.07) is 3.68. The zero-order valence-electron chi connectivity index (χ0n) is 11.9. The minimum atomic E-state index is -5.09. The highest BCUT2D eigenvalue weighted by molar-refractivity contribution is 6.00. The van der Waals surface area contributed by atoms with Crippen LogP contribution in [-0.4, -0.2) is 0 Å². The summed E-state index contributed by atoms with van der Waals surface area (Å²) in [5.74, 6) is 0. The molecule has 0 aromatic heterocycles. The Hall–Kier alpha value is -2.78. The third-order valence-electron chi connectivity index (χ3n) is 3.44. The van der Waals surface area contributed by atoms with E-state index in [1.165, 1.54) is 0 Å². The van der Waals surface area contributed by atoms with Crippen LogP contribution in [0.15, 0.2) is 24.3 Å². The van der Waals surface area contributed by atoms with E-state index in [0.717, 1.165) is 18.2 Å². The van der Waals surface area contributed by atoms with Crippen molar-refractivity contribution in [1.82, 2.24) is 0 Å². The van der Waals surface area contributed by atoms with Crippen LogP contribution in [-0.2, 0) is 12.4 Å². The van der Waals surface area contributed by atoms with Gasteiger partial charge in [-0.25, -0.2) is 0 Å². The van der Waals surface area contributed by atoms with Crippen molar-refractivity contribution >= 4 is 22.7 Å². The fraction of sp³-hybridized carbons (Fsp3) is 0.143. The van der Waals surface area contributed by atoms with Crippen molar-refractivity contribution in [2.24, 2.45) is 0 Å². The molecular formula is C14H12F6N4. The number of anilines is 4. The molecule has 0 atom stereocenters. The van der Waals surface area contributed by atoms with E-state index in [1.807, 2.05) is 0 Å². The molecule has 0 radical (unpaired) electrons. The second-order valence-electron chi connectivity index (χ2n) is 4.95. The van der Waals surface area contributed by atoms with E-state index in [0.29, 0.717) is 6.07 Å². The molecule has 0 aliphatic rings. The maximum atomic E-state index is 13.4. The van der Waals surface area contributed by atoms with Crippen molar-refractivity contribution in [3.63, 3.8) is 0 Å². The van der Waals surface area contributed by atoms with Crippen LogP contribution >= 0.6 is 0 Å². The lowest BCUT2D eigenvalue weighted by atomic mass is 9.90. The molecule has 0 unspecified atom stereocenters. The van der Waals surface area contributed by atoms with Crippen molar-refractivity contribution < 1.29 is 26.3 Å². The molecule has 8 N–H and O–H groups in total. The highest BCUT2D eigenvalue weighted by atomic mass is 19.4. The third kappa shape index (κ3) is 2.74. The zero-order chi connectivity index (χ0) is 18.4. The monoisotopic (exact) mass is 350 g/mol. The molecule has 0 aliphatic heterocycles. The highest BCUT2D eigenvalue weighted by Crippen LogP contribution is 2.51. The van der Waals surface area contributed by atoms with Gasteiger partial charge in [0.2, 0.25) is 0 Å². The lowest BCUT2D eigenvalue weighted by molar-refractivity contribution is -0.139. The molecule has 0 bridgehead atoms. The Balaban J connectivity index is 3.02. The van der Waals surface area contributed by atoms with Gasteiger partial charge in [0.1, 0.15) is 0 Å². The van der Waals surface area contributed by atoms with Gasteiger partial charge in [-0.15, -0.1) is 0 Å². The Morgan fingerprint density at radius 1 is 0.625 bits per heavy atom. The summed E-state index contributed by atoms with van der Waals surface area (Å²) in [6.07, 6.45) is -10.00. The Bertz CT molecular complexity index is 795. The molecule has 2 aromatic carbocycles. The van der Waals surface area contributed by atoms with Crippen molar-refractivity contribution in [3.05, 3.63) is 35.4 Å². The van der Waals surface area contributed by atoms with E-state index in [4.69, 9.17) is 22.9 Å². The predicted octanol–water partition coefficient (Wildman–Crippen LogP) is 3.72. The molecule has 0 aliphatic carbocycles. The van der Waals surface area contributed by atoms with Gasteiger partial charge in [-0.1, -0.05) is 18.2 Å². The average molecular weight is 350 g/mol. The molecule has 0 saturated heterocycles. The third-order valence-corrected chi connectivity index (χ3v) is 3.44. The molecule has 0 amide bonds. The smallest absolute Gasteiger partial charge is 0.396 e. The quantitative estimate of drug-likeness (QED) is 0.465. The number of hydrogen-bond acceptors (Lipinski definition) is 4. The van der Waals surface area contributed by atoms with E-state index in [-0.39, 0.29) is 0 Å². The lowest BCUT2D eigenvalue weighted by Gasteiger charge is -2.23. The second kappa shape index (κ2) is 5.39. The van der Waals surface area contributed by atoms with Gasteiger partial charge >= 0.3 is 12.4 Å². The maximum absolute atomic E-state index is 13.4. The molecule has 0 saturated carbocycles. The van der Waals surface area contributed by atoms with Gasteiger partial charge in [-0.2, -0.15) is 26.3 Å². The molecule has 0 fully saturated rings. The van der Waals surface area contributed by atoms with Crippen LogP contribution in [0.2, 0.25) is 0 Å². The van der Waals surface area contributed by atoms with Crippen molar-refractivity contribution in [2.45, 2.75) is 12.4 Å². The standard InChI is InChI=1S/C14H12F6N4/c15-13(16,17)6-4-2-1-3-5(6)7-8(14(18,19)20)10(22)12(24)11(23)9(7)21/h1-4H,21-24H2. The summed E-state index contributed by atoms with van der Waals surface area (Å²) in [5.41, 5.74) is 14.4. The van der Waals surface area contributed by atoms with Crippen LogP contribution in [0.4, 0.5) is 49.1 Å². The molecular weight excluding hydrogens is 338 g/mol. The fourth-order valence-electron chi connectivity index (χ4n) is 2.35. The largest absolute Gasteiger partial charge is 0.419 e. The van der Waals surface area contributed by atoms with E-state index >= 15 is 0 Å². The van der Waals surface area contributed by atoms with E-state index < -0.39 is 57.4 Å². The summed E-state index contributed by atoms with van der Waals surface area (Å²) in [6.45, 7) is 0. The number of benzene rings is 2. The van der Waals surface area contributed by atoms with Gasteiger partial charge in [0.05, 0.1) is 33.9 Å². The summed E-state index contributed by atoms with van der Waals surface area (Å²) in [7, 11) is 0. The number of alkyl halides is 6. The van der Waals surface area contributed by atoms with Crippen molar-refractivity contribution in [1.29, 1.82) is 0 Å². The van der Waals surface area contributed by atoms with Gasteiger partial charge in [0.25, 0.3) is 0 Å². The summed E-state index contributed by atoms with van der Waals surface area (Å²) < 4.78 is 79.7. The first-order valence-electron chi connectivity index (χ1n) is 6.37. The van der Waals surface area contributed by atoms with E-state index in [1.54, 1.807) is 0 Å². The lowest BCUT2D eigenvalue weighted by Crippen LogP contribution is -2.18. The SMILES string of the molecule is Nc1c(N)c(N)c(C(F)(F)F)c(-c2ccccc2C(F)(F)F)c1N. The van der Waals surface area contributed by atoms with Gasteiger partial charge in [0, 0.05) is 5.56 Å². The van der Waals surface area contributed by atoms with Crippen LogP contribution in [0.3, 0.4) is 0 Å². The topological polar surface area (TPSA) is 104 Å². The average Bonchev–Trinajstić information content (AvgIpc) is 2.46. The molecule has 2 rings (SSSR count). The van der Waals surface area contributed by atoms with E-state index in [9.17, 15) is 26.3 Å². The number of nitrogens with two attached hydrogens (primary N) is 4. The number of nitrogen functional groups attached to an aromatic ring is 4.